The molecule has 82 valence electrons. The second-order valence-electron chi connectivity index (χ2n) is 2.86. The van der Waals surface area contributed by atoms with E-state index in [1.54, 1.807) is 24.3 Å². The number of para-hydroxylation sites is 2. The van der Waals surface area contributed by atoms with Crippen LogP contribution in [0.4, 0.5) is 0 Å². The molecule has 0 heterocycles. The van der Waals surface area contributed by atoms with Crippen molar-refractivity contribution >= 4 is 0 Å². The summed E-state index contributed by atoms with van der Waals surface area (Å²) in [4.78, 5) is 9.78. The van der Waals surface area contributed by atoms with Gasteiger partial charge in [-0.05, 0) is 24.3 Å². The summed E-state index contributed by atoms with van der Waals surface area (Å²) < 4.78 is 0. The summed E-state index contributed by atoms with van der Waals surface area (Å²) in [6.45, 7) is 0. The number of benzene rings is 2. The average molecular weight is 298 g/mol. The second kappa shape index (κ2) is 7.04. The summed E-state index contributed by atoms with van der Waals surface area (Å²) in [7, 11) is 0. The molecule has 0 bridgehead atoms. The predicted octanol–water partition coefficient (Wildman–Crippen LogP) is 2.99. The maximum absolute atomic E-state index is 4.89. The van der Waals surface area contributed by atoms with Crippen molar-refractivity contribution in [2.75, 3.05) is 0 Å². The van der Waals surface area contributed by atoms with Gasteiger partial charge in [0, 0.05) is 26.1 Å². The quantitative estimate of drug-likeness (QED) is 0.493. The Labute approximate surface area is 108 Å². The molecule has 0 aliphatic rings. The van der Waals surface area contributed by atoms with Crippen molar-refractivity contribution in [1.29, 1.82) is 0 Å². The third-order valence-electron chi connectivity index (χ3n) is 1.75. The SMILES string of the molecule is [Mo].c1ccc(OOOc2ccccc2)cc1. The van der Waals surface area contributed by atoms with Gasteiger partial charge in [-0.3, -0.25) is 9.78 Å². The molecular weight excluding hydrogens is 288 g/mol. The van der Waals surface area contributed by atoms with Crippen LogP contribution in [0.25, 0.3) is 0 Å². The molecule has 0 amide bonds. The van der Waals surface area contributed by atoms with Crippen LogP contribution in [-0.4, -0.2) is 0 Å². The van der Waals surface area contributed by atoms with Crippen LogP contribution in [0.15, 0.2) is 60.7 Å². The van der Waals surface area contributed by atoms with E-state index in [4.69, 9.17) is 9.78 Å². The fourth-order valence-electron chi connectivity index (χ4n) is 1.05. The van der Waals surface area contributed by atoms with Crippen LogP contribution in [0, 0.1) is 0 Å². The van der Waals surface area contributed by atoms with E-state index in [0.29, 0.717) is 11.5 Å². The van der Waals surface area contributed by atoms with E-state index in [1.807, 2.05) is 36.4 Å². The minimum absolute atomic E-state index is 0. The fourth-order valence-corrected chi connectivity index (χ4v) is 1.05. The molecule has 2 rings (SSSR count). The number of hydrogen-bond acceptors (Lipinski definition) is 3. The first-order valence-electron chi connectivity index (χ1n) is 4.56. The van der Waals surface area contributed by atoms with Gasteiger partial charge in [0.25, 0.3) is 0 Å². The molecule has 2 aromatic rings. The first-order valence-corrected chi connectivity index (χ1v) is 4.56. The number of hydrogen-bond donors (Lipinski definition) is 0. The van der Waals surface area contributed by atoms with E-state index in [-0.39, 0.29) is 21.1 Å². The van der Waals surface area contributed by atoms with Crippen LogP contribution in [-0.2, 0) is 26.1 Å². The first-order chi connectivity index (χ1) is 7.45. The van der Waals surface area contributed by atoms with E-state index in [9.17, 15) is 0 Å². The summed E-state index contributed by atoms with van der Waals surface area (Å²) in [6.07, 6.45) is 0. The zero-order chi connectivity index (χ0) is 10.3. The average Bonchev–Trinajstić information content (AvgIpc) is 2.32. The summed E-state index contributed by atoms with van der Waals surface area (Å²) in [6, 6.07) is 18.3. The Morgan fingerprint density at radius 2 is 0.938 bits per heavy atom. The van der Waals surface area contributed by atoms with Crippen LogP contribution in [0.5, 0.6) is 11.5 Å². The van der Waals surface area contributed by atoms with E-state index in [0.717, 1.165) is 0 Å². The van der Waals surface area contributed by atoms with Gasteiger partial charge in [-0.15, -0.1) is 0 Å². The minimum atomic E-state index is 0. The van der Waals surface area contributed by atoms with Gasteiger partial charge in [0.05, 0.1) is 0 Å². The Morgan fingerprint density at radius 3 is 1.31 bits per heavy atom. The van der Waals surface area contributed by atoms with Gasteiger partial charge >= 0.3 is 0 Å². The fraction of sp³-hybridized carbons (Fsp3) is 0. The van der Waals surface area contributed by atoms with Gasteiger partial charge in [0.1, 0.15) is 0 Å². The van der Waals surface area contributed by atoms with E-state index in [2.05, 4.69) is 5.04 Å². The monoisotopic (exact) mass is 300 g/mol. The Bertz CT molecular complexity index is 352. The van der Waals surface area contributed by atoms with Crippen molar-refractivity contribution in [2.24, 2.45) is 0 Å². The maximum atomic E-state index is 4.89. The molecule has 0 fully saturated rings. The van der Waals surface area contributed by atoms with Gasteiger partial charge in [0.15, 0.2) is 11.5 Å². The Hall–Kier alpha value is -1.31. The zero-order valence-corrected chi connectivity index (χ0v) is 10.4. The summed E-state index contributed by atoms with van der Waals surface area (Å²) in [5, 5.41) is 4.61. The molecule has 0 N–H and O–H groups in total. The van der Waals surface area contributed by atoms with Gasteiger partial charge < -0.3 is 0 Å². The Kier molecular flexibility index (Phi) is 5.62. The van der Waals surface area contributed by atoms with Crippen molar-refractivity contribution in [3.63, 3.8) is 0 Å². The van der Waals surface area contributed by atoms with E-state index < -0.39 is 0 Å². The standard InChI is InChI=1S/C12H10O3.Mo/c1-3-7-11(8-4-1)13-15-14-12-9-5-2-6-10-12;/h1-10H;. The van der Waals surface area contributed by atoms with Crippen molar-refractivity contribution in [2.45, 2.75) is 0 Å². The molecule has 0 atom stereocenters. The van der Waals surface area contributed by atoms with E-state index in [1.165, 1.54) is 0 Å². The zero-order valence-electron chi connectivity index (χ0n) is 8.41. The topological polar surface area (TPSA) is 27.7 Å². The van der Waals surface area contributed by atoms with Crippen molar-refractivity contribution in [3.05, 3.63) is 60.7 Å². The molecule has 0 saturated heterocycles. The predicted molar refractivity (Wildman–Crippen MR) is 55.2 cm³/mol. The van der Waals surface area contributed by atoms with Crippen LogP contribution in [0.2, 0.25) is 0 Å². The Morgan fingerprint density at radius 1 is 0.562 bits per heavy atom. The third kappa shape index (κ3) is 4.05. The van der Waals surface area contributed by atoms with Crippen molar-refractivity contribution in [3.8, 4) is 11.5 Å². The summed E-state index contributed by atoms with van der Waals surface area (Å²) in [5.74, 6) is 1.18. The number of rotatable bonds is 4. The molecule has 4 heteroatoms. The Balaban J connectivity index is 0.00000128. The molecule has 3 nitrogen and oxygen atoms in total. The normalized spacial score (nSPS) is 9.00. The molecule has 0 spiro atoms. The molecule has 2 aromatic carbocycles. The maximum Gasteiger partial charge on any atom is 0.169 e. The molecule has 0 aromatic heterocycles. The van der Waals surface area contributed by atoms with Crippen LogP contribution >= 0.6 is 0 Å². The van der Waals surface area contributed by atoms with Gasteiger partial charge in [-0.2, -0.15) is 0 Å². The van der Waals surface area contributed by atoms with Gasteiger partial charge in [-0.25, -0.2) is 0 Å². The van der Waals surface area contributed by atoms with E-state index >= 15 is 0 Å². The second-order valence-corrected chi connectivity index (χ2v) is 2.86. The smallest absolute Gasteiger partial charge is 0.169 e. The van der Waals surface area contributed by atoms with Gasteiger partial charge in [-0.1, -0.05) is 36.4 Å². The van der Waals surface area contributed by atoms with Crippen LogP contribution in [0.1, 0.15) is 0 Å². The molecule has 0 unspecified atom stereocenters. The molecule has 0 aliphatic carbocycles. The first kappa shape index (κ1) is 12.8. The van der Waals surface area contributed by atoms with Crippen LogP contribution < -0.4 is 9.78 Å². The molecular formula is C12H10MoO3. The molecule has 16 heavy (non-hydrogen) atoms. The largest absolute Gasteiger partial charge is 0.299 e. The summed E-state index contributed by atoms with van der Waals surface area (Å²) in [5.41, 5.74) is 0. The summed E-state index contributed by atoms with van der Waals surface area (Å²) >= 11 is 0. The van der Waals surface area contributed by atoms with Gasteiger partial charge in [0.2, 0.25) is 0 Å². The van der Waals surface area contributed by atoms with Crippen molar-refractivity contribution in [1.82, 2.24) is 0 Å². The van der Waals surface area contributed by atoms with Crippen LogP contribution in [0.3, 0.4) is 0 Å². The molecule has 0 aliphatic heterocycles. The van der Waals surface area contributed by atoms with Crippen molar-refractivity contribution < 1.29 is 35.9 Å². The third-order valence-corrected chi connectivity index (χ3v) is 1.75. The molecule has 0 radical (unpaired) electrons. The molecule has 0 saturated carbocycles. The minimum Gasteiger partial charge on any atom is -0.299 e.